The van der Waals surface area contributed by atoms with Gasteiger partial charge in [0, 0.05) is 34.5 Å². The van der Waals surface area contributed by atoms with Crippen LogP contribution in [0.3, 0.4) is 0 Å². The summed E-state index contributed by atoms with van der Waals surface area (Å²) in [5.74, 6) is 1.11. The number of rotatable bonds is 7. The Kier molecular flexibility index (Phi) is 5.85. The van der Waals surface area contributed by atoms with Crippen LogP contribution in [-0.4, -0.2) is 42.4 Å². The van der Waals surface area contributed by atoms with E-state index in [1.807, 2.05) is 19.1 Å². The molecular weight excluding hydrogens is 478 g/mol. The molecule has 8 nitrogen and oxygen atoms in total. The minimum absolute atomic E-state index is 0.176. The third kappa shape index (κ3) is 3.83. The van der Waals surface area contributed by atoms with Gasteiger partial charge in [0.05, 0.1) is 24.6 Å². The molecule has 0 unspecified atom stereocenters. The Balaban J connectivity index is 1.59. The van der Waals surface area contributed by atoms with Crippen LogP contribution in [0.25, 0.3) is 22.3 Å². The molecule has 0 amide bonds. The number of carbonyl (C=O) groups is 1. The largest absolute Gasteiger partial charge is 0.496 e. The average molecular weight is 502 g/mol. The van der Waals surface area contributed by atoms with E-state index in [2.05, 4.69) is 9.97 Å². The van der Waals surface area contributed by atoms with E-state index in [0.717, 1.165) is 5.56 Å². The molecule has 9 heteroatoms. The summed E-state index contributed by atoms with van der Waals surface area (Å²) in [6.07, 6.45) is 3.03. The first-order chi connectivity index (χ1) is 17.3. The van der Waals surface area contributed by atoms with Gasteiger partial charge in [-0.1, -0.05) is 36.4 Å². The summed E-state index contributed by atoms with van der Waals surface area (Å²) in [5.41, 5.74) is 2.39. The first-order valence-electron chi connectivity index (χ1n) is 11.1. The summed E-state index contributed by atoms with van der Waals surface area (Å²) in [6, 6.07) is 18.7. The van der Waals surface area contributed by atoms with Crippen LogP contribution in [0.4, 0.5) is 0 Å². The lowest BCUT2D eigenvalue weighted by molar-refractivity contribution is 0.103. The molecular formula is C27H23N3O5S. The van der Waals surface area contributed by atoms with Crippen LogP contribution in [0, 0.1) is 6.92 Å². The van der Waals surface area contributed by atoms with Crippen LogP contribution in [0.5, 0.6) is 11.5 Å². The van der Waals surface area contributed by atoms with Gasteiger partial charge in [-0.3, -0.25) is 4.79 Å². The monoisotopic (exact) mass is 501 g/mol. The number of methoxy groups -OCH3 is 2. The van der Waals surface area contributed by atoms with Crippen molar-refractivity contribution in [3.63, 3.8) is 0 Å². The van der Waals surface area contributed by atoms with Crippen molar-refractivity contribution in [1.29, 1.82) is 0 Å². The molecule has 0 fully saturated rings. The Morgan fingerprint density at radius 2 is 1.58 bits per heavy atom. The van der Waals surface area contributed by atoms with E-state index in [9.17, 15) is 13.2 Å². The van der Waals surface area contributed by atoms with E-state index in [-0.39, 0.29) is 16.4 Å². The number of hydrogen-bond acceptors (Lipinski definition) is 6. The third-order valence-corrected chi connectivity index (χ3v) is 7.75. The fourth-order valence-corrected chi connectivity index (χ4v) is 5.58. The number of ether oxygens (including phenoxy) is 2. The van der Waals surface area contributed by atoms with E-state index < -0.39 is 10.0 Å². The Labute approximate surface area is 208 Å². The van der Waals surface area contributed by atoms with Gasteiger partial charge >= 0.3 is 0 Å². The highest BCUT2D eigenvalue weighted by Crippen LogP contribution is 2.33. The molecule has 0 bridgehead atoms. The van der Waals surface area contributed by atoms with Gasteiger partial charge < -0.3 is 14.5 Å². The van der Waals surface area contributed by atoms with Crippen LogP contribution < -0.4 is 9.47 Å². The second-order valence-electron chi connectivity index (χ2n) is 8.14. The minimum Gasteiger partial charge on any atom is -0.496 e. The summed E-state index contributed by atoms with van der Waals surface area (Å²) in [5, 5.41) is 0.684. The average Bonchev–Trinajstić information content (AvgIpc) is 3.54. The number of fused-ring (bicyclic) bond motifs is 1. The number of imidazole rings is 1. The SMILES string of the molecule is COc1cc(C(=O)c2c[nH]c(-c3cn(S(=O)(=O)c4ccccc4)c4ccccc34)n2)cc(OC)c1C. The molecule has 5 aromatic rings. The lowest BCUT2D eigenvalue weighted by Gasteiger charge is -2.11. The van der Waals surface area contributed by atoms with Gasteiger partial charge in [0.15, 0.2) is 0 Å². The predicted molar refractivity (Wildman–Crippen MR) is 136 cm³/mol. The summed E-state index contributed by atoms with van der Waals surface area (Å²) in [6.45, 7) is 1.85. The molecule has 0 atom stereocenters. The lowest BCUT2D eigenvalue weighted by atomic mass is 10.0. The maximum Gasteiger partial charge on any atom is 0.268 e. The zero-order valence-electron chi connectivity index (χ0n) is 19.8. The number of aromatic nitrogens is 3. The summed E-state index contributed by atoms with van der Waals surface area (Å²) in [4.78, 5) is 21.0. The molecule has 0 radical (unpaired) electrons. The molecule has 2 aromatic heterocycles. The van der Waals surface area contributed by atoms with Gasteiger partial charge in [0.25, 0.3) is 10.0 Å². The van der Waals surface area contributed by atoms with Crippen molar-refractivity contribution >= 4 is 26.7 Å². The molecule has 36 heavy (non-hydrogen) atoms. The van der Waals surface area contributed by atoms with Crippen LogP contribution in [0.2, 0.25) is 0 Å². The molecule has 0 saturated heterocycles. The van der Waals surface area contributed by atoms with Crippen molar-refractivity contribution in [2.75, 3.05) is 14.2 Å². The number of nitrogens with one attached hydrogen (secondary N) is 1. The van der Waals surface area contributed by atoms with Gasteiger partial charge in [-0.2, -0.15) is 0 Å². The van der Waals surface area contributed by atoms with Crippen molar-refractivity contribution in [2.24, 2.45) is 0 Å². The quantitative estimate of drug-likeness (QED) is 0.321. The molecule has 0 saturated carbocycles. The van der Waals surface area contributed by atoms with Crippen molar-refractivity contribution < 1.29 is 22.7 Å². The number of aromatic amines is 1. The zero-order chi connectivity index (χ0) is 25.4. The van der Waals surface area contributed by atoms with Gasteiger partial charge in [-0.25, -0.2) is 17.4 Å². The van der Waals surface area contributed by atoms with Crippen LogP contribution >= 0.6 is 0 Å². The third-order valence-electron chi connectivity index (χ3n) is 6.06. The Morgan fingerprint density at radius 3 is 2.25 bits per heavy atom. The lowest BCUT2D eigenvalue weighted by Crippen LogP contribution is -2.11. The van der Waals surface area contributed by atoms with Gasteiger partial charge in [0.2, 0.25) is 5.78 Å². The highest BCUT2D eigenvalue weighted by atomic mass is 32.2. The number of H-pyrrole nitrogens is 1. The first-order valence-corrected chi connectivity index (χ1v) is 12.5. The first kappa shape index (κ1) is 23.4. The molecule has 5 rings (SSSR count). The van der Waals surface area contributed by atoms with Crippen molar-refractivity contribution in [3.05, 3.63) is 95.9 Å². The predicted octanol–water partition coefficient (Wildman–Crippen LogP) is 4.83. The fraction of sp³-hybridized carbons (Fsp3) is 0.111. The van der Waals surface area contributed by atoms with E-state index in [1.165, 1.54) is 30.6 Å². The Bertz CT molecular complexity index is 1680. The van der Waals surface area contributed by atoms with E-state index in [4.69, 9.17) is 9.47 Å². The van der Waals surface area contributed by atoms with Gasteiger partial charge in [-0.05, 0) is 37.3 Å². The van der Waals surface area contributed by atoms with Gasteiger partial charge in [-0.15, -0.1) is 0 Å². The molecule has 1 N–H and O–H groups in total. The maximum atomic E-state index is 13.4. The minimum atomic E-state index is -3.84. The Morgan fingerprint density at radius 1 is 0.944 bits per heavy atom. The number of para-hydroxylation sites is 1. The van der Waals surface area contributed by atoms with Crippen molar-refractivity contribution in [3.8, 4) is 22.9 Å². The molecule has 2 heterocycles. The molecule has 0 spiro atoms. The highest BCUT2D eigenvalue weighted by molar-refractivity contribution is 7.90. The van der Waals surface area contributed by atoms with E-state index in [0.29, 0.717) is 39.4 Å². The van der Waals surface area contributed by atoms with Crippen molar-refractivity contribution in [2.45, 2.75) is 11.8 Å². The van der Waals surface area contributed by atoms with Crippen LogP contribution in [0.15, 0.2) is 84.0 Å². The van der Waals surface area contributed by atoms with Crippen LogP contribution in [0.1, 0.15) is 21.6 Å². The Hall–Kier alpha value is -4.37. The number of nitrogens with zero attached hydrogens (tertiary/aromatic N) is 2. The summed E-state index contributed by atoms with van der Waals surface area (Å²) in [7, 11) is -0.785. The van der Waals surface area contributed by atoms with Gasteiger partial charge in [0.1, 0.15) is 23.0 Å². The summed E-state index contributed by atoms with van der Waals surface area (Å²) >= 11 is 0. The topological polar surface area (TPSA) is 103 Å². The highest BCUT2D eigenvalue weighted by Gasteiger charge is 2.24. The molecule has 3 aromatic carbocycles. The van der Waals surface area contributed by atoms with Crippen LogP contribution in [-0.2, 0) is 10.0 Å². The number of hydrogen-bond donors (Lipinski definition) is 1. The summed E-state index contributed by atoms with van der Waals surface area (Å²) < 4.78 is 38.8. The van der Waals surface area contributed by atoms with Crippen molar-refractivity contribution in [1.82, 2.24) is 13.9 Å². The smallest absolute Gasteiger partial charge is 0.268 e. The zero-order valence-corrected chi connectivity index (χ0v) is 20.7. The van der Waals surface area contributed by atoms with E-state index in [1.54, 1.807) is 54.6 Å². The molecule has 182 valence electrons. The second kappa shape index (κ2) is 9.01. The number of benzene rings is 3. The standard InChI is InChI=1S/C27H23N3O5S/c1-17-24(34-2)13-18(14-25(17)35-3)26(31)22-15-28-27(29-22)21-16-30(23-12-8-7-11-20(21)23)36(32,33)19-9-5-4-6-10-19/h4-16H,1-3H3,(H,28,29). The number of carbonyl (C=O) groups excluding carboxylic acids is 1. The second-order valence-corrected chi connectivity index (χ2v) is 9.96. The number of ketones is 1. The molecule has 0 aliphatic carbocycles. The maximum absolute atomic E-state index is 13.4. The molecule has 0 aliphatic rings. The van der Waals surface area contributed by atoms with E-state index >= 15 is 0 Å². The molecule has 0 aliphatic heterocycles. The normalized spacial score (nSPS) is 11.5. The fourth-order valence-electron chi connectivity index (χ4n) is 4.18.